The number of nitrogens with one attached hydrogen (secondary N) is 1. The Balaban J connectivity index is 1.73. The number of likely N-dealkylation sites (tertiary alicyclic amines) is 1. The average molecular weight is 336 g/mol. The first-order valence-electron chi connectivity index (χ1n) is 8.88. The number of carbonyl (C=O) groups excluding carboxylic acids is 1. The van der Waals surface area contributed by atoms with Crippen LogP contribution in [0, 0.1) is 19.8 Å². The Morgan fingerprint density at radius 2 is 2.04 bits per heavy atom. The van der Waals surface area contributed by atoms with Gasteiger partial charge in [-0.25, -0.2) is 0 Å². The van der Waals surface area contributed by atoms with Crippen LogP contribution >= 0.6 is 0 Å². The molecule has 0 aliphatic carbocycles. The topological polar surface area (TPSA) is 60.2 Å². The molecule has 2 N–H and O–H groups in total. The van der Waals surface area contributed by atoms with E-state index in [1.54, 1.807) is 0 Å². The number of quaternary nitrogens is 1. The van der Waals surface area contributed by atoms with E-state index in [-0.39, 0.29) is 11.9 Å². The molecule has 1 aromatic rings. The van der Waals surface area contributed by atoms with Gasteiger partial charge in [0.1, 0.15) is 25.0 Å². The van der Waals surface area contributed by atoms with E-state index in [0.717, 1.165) is 37.2 Å². The first-order chi connectivity index (χ1) is 11.5. The minimum Gasteiger partial charge on any atom is -0.490 e. The SMILES string of the molecule is CCOC(=O)C1CC[NH+](C[C@@H](O)COc2cccc(C)c2C)CC1. The van der Waals surface area contributed by atoms with Crippen LogP contribution in [0.2, 0.25) is 0 Å². The molecule has 5 heteroatoms. The zero-order valence-corrected chi connectivity index (χ0v) is 15.0. The molecule has 24 heavy (non-hydrogen) atoms. The van der Waals surface area contributed by atoms with Gasteiger partial charge in [-0.2, -0.15) is 0 Å². The molecule has 0 aromatic heterocycles. The van der Waals surface area contributed by atoms with Gasteiger partial charge in [0.25, 0.3) is 0 Å². The fourth-order valence-corrected chi connectivity index (χ4v) is 3.18. The average Bonchev–Trinajstić information content (AvgIpc) is 2.57. The number of esters is 1. The molecular weight excluding hydrogens is 306 g/mol. The maximum atomic E-state index is 11.7. The number of benzene rings is 1. The van der Waals surface area contributed by atoms with E-state index in [0.29, 0.717) is 19.8 Å². The molecular formula is C19H30NO4+. The van der Waals surface area contributed by atoms with E-state index >= 15 is 0 Å². The van der Waals surface area contributed by atoms with E-state index in [1.807, 2.05) is 26.0 Å². The van der Waals surface area contributed by atoms with Crippen LogP contribution in [0.15, 0.2) is 18.2 Å². The van der Waals surface area contributed by atoms with Gasteiger partial charge >= 0.3 is 5.97 Å². The molecule has 1 fully saturated rings. The van der Waals surface area contributed by atoms with Crippen LogP contribution in [-0.2, 0) is 9.53 Å². The smallest absolute Gasteiger partial charge is 0.309 e. The van der Waals surface area contributed by atoms with Gasteiger partial charge in [-0.15, -0.1) is 0 Å². The Morgan fingerprint density at radius 3 is 2.71 bits per heavy atom. The highest BCUT2D eigenvalue weighted by molar-refractivity contribution is 5.72. The third-order valence-electron chi connectivity index (χ3n) is 4.82. The predicted octanol–water partition coefficient (Wildman–Crippen LogP) is 0.901. The largest absolute Gasteiger partial charge is 0.490 e. The molecule has 1 aliphatic rings. The second kappa shape index (κ2) is 9.04. The lowest BCUT2D eigenvalue weighted by Crippen LogP contribution is -3.14. The predicted molar refractivity (Wildman–Crippen MR) is 92.3 cm³/mol. The van der Waals surface area contributed by atoms with Crippen LogP contribution in [0.4, 0.5) is 0 Å². The molecule has 0 spiro atoms. The third kappa shape index (κ3) is 5.21. The monoisotopic (exact) mass is 336 g/mol. The number of aliphatic hydroxyl groups is 1. The van der Waals surface area contributed by atoms with E-state index in [1.165, 1.54) is 10.5 Å². The normalized spacial score (nSPS) is 22.0. The fourth-order valence-electron chi connectivity index (χ4n) is 3.18. The summed E-state index contributed by atoms with van der Waals surface area (Å²) < 4.78 is 10.9. The van der Waals surface area contributed by atoms with Gasteiger partial charge in [-0.05, 0) is 38.0 Å². The van der Waals surface area contributed by atoms with Crippen LogP contribution < -0.4 is 9.64 Å². The summed E-state index contributed by atoms with van der Waals surface area (Å²) in [5.74, 6) is 0.789. The minimum absolute atomic E-state index is 0.0250. The summed E-state index contributed by atoms with van der Waals surface area (Å²) >= 11 is 0. The van der Waals surface area contributed by atoms with Crippen LogP contribution in [0.25, 0.3) is 0 Å². The van der Waals surface area contributed by atoms with E-state index < -0.39 is 6.10 Å². The van der Waals surface area contributed by atoms with Crippen LogP contribution in [0.5, 0.6) is 5.75 Å². The Bertz CT molecular complexity index is 538. The summed E-state index contributed by atoms with van der Waals surface area (Å²) in [4.78, 5) is 13.1. The molecule has 134 valence electrons. The van der Waals surface area contributed by atoms with Gasteiger partial charge in [0, 0.05) is 12.8 Å². The molecule has 0 radical (unpaired) electrons. The van der Waals surface area contributed by atoms with Crippen molar-refractivity contribution < 1.29 is 24.3 Å². The van der Waals surface area contributed by atoms with Gasteiger partial charge in [-0.1, -0.05) is 12.1 Å². The Hall–Kier alpha value is -1.59. The van der Waals surface area contributed by atoms with Crippen molar-refractivity contribution in [3.05, 3.63) is 29.3 Å². The van der Waals surface area contributed by atoms with Crippen molar-refractivity contribution in [2.75, 3.05) is 32.8 Å². The summed E-state index contributed by atoms with van der Waals surface area (Å²) in [7, 11) is 0. The maximum absolute atomic E-state index is 11.7. The van der Waals surface area contributed by atoms with Crippen molar-refractivity contribution >= 4 is 5.97 Å². The van der Waals surface area contributed by atoms with Gasteiger partial charge in [-0.3, -0.25) is 4.79 Å². The maximum Gasteiger partial charge on any atom is 0.309 e. The summed E-state index contributed by atoms with van der Waals surface area (Å²) in [6, 6.07) is 5.96. The molecule has 0 saturated carbocycles. The van der Waals surface area contributed by atoms with Crippen molar-refractivity contribution in [2.45, 2.75) is 39.7 Å². The number of carbonyl (C=O) groups is 1. The zero-order chi connectivity index (χ0) is 17.5. The number of hydrogen-bond donors (Lipinski definition) is 2. The minimum atomic E-state index is -0.501. The van der Waals surface area contributed by atoms with Gasteiger partial charge < -0.3 is 19.5 Å². The first-order valence-corrected chi connectivity index (χ1v) is 8.88. The van der Waals surface area contributed by atoms with Gasteiger partial charge in [0.15, 0.2) is 0 Å². The standard InChI is InChI=1S/C19H29NO4/c1-4-23-19(22)16-8-10-20(11-9-16)12-17(21)13-24-18-7-5-6-14(2)15(18)3/h5-7,16-17,21H,4,8-13H2,1-3H3/p+1/t17-/m1/s1. The lowest BCUT2D eigenvalue weighted by molar-refractivity contribution is -0.908. The second-order valence-electron chi connectivity index (χ2n) is 6.64. The second-order valence-corrected chi connectivity index (χ2v) is 6.64. The number of aliphatic hydroxyl groups excluding tert-OH is 1. The Labute approximate surface area is 144 Å². The van der Waals surface area contributed by atoms with Crippen molar-refractivity contribution in [2.24, 2.45) is 5.92 Å². The highest BCUT2D eigenvalue weighted by Gasteiger charge is 2.29. The first kappa shape index (κ1) is 18.7. The molecule has 0 bridgehead atoms. The number of rotatable bonds is 7. The lowest BCUT2D eigenvalue weighted by atomic mass is 9.97. The van der Waals surface area contributed by atoms with Crippen LogP contribution in [-0.4, -0.2) is 50.0 Å². The van der Waals surface area contributed by atoms with E-state index in [2.05, 4.69) is 13.0 Å². The molecule has 1 saturated heterocycles. The van der Waals surface area contributed by atoms with Crippen molar-refractivity contribution in [3.8, 4) is 5.75 Å². The number of ether oxygens (including phenoxy) is 2. The molecule has 5 nitrogen and oxygen atoms in total. The lowest BCUT2D eigenvalue weighted by Gasteiger charge is -2.29. The van der Waals surface area contributed by atoms with Gasteiger partial charge in [0.05, 0.1) is 25.6 Å². The summed E-state index contributed by atoms with van der Waals surface area (Å²) in [5, 5.41) is 10.2. The Morgan fingerprint density at radius 1 is 1.33 bits per heavy atom. The van der Waals surface area contributed by atoms with E-state index in [9.17, 15) is 9.90 Å². The molecule has 0 amide bonds. The molecule has 1 atom stereocenters. The van der Waals surface area contributed by atoms with Gasteiger partial charge in [0.2, 0.25) is 0 Å². The summed E-state index contributed by atoms with van der Waals surface area (Å²) in [6.07, 6.45) is 1.16. The molecule has 1 heterocycles. The summed E-state index contributed by atoms with van der Waals surface area (Å²) in [5.41, 5.74) is 2.31. The van der Waals surface area contributed by atoms with Crippen LogP contribution in [0.3, 0.4) is 0 Å². The van der Waals surface area contributed by atoms with Crippen molar-refractivity contribution in [3.63, 3.8) is 0 Å². The molecule has 1 aromatic carbocycles. The number of hydrogen-bond acceptors (Lipinski definition) is 4. The number of aryl methyl sites for hydroxylation is 1. The quantitative estimate of drug-likeness (QED) is 0.727. The molecule has 1 aliphatic heterocycles. The fraction of sp³-hybridized carbons (Fsp3) is 0.632. The summed E-state index contributed by atoms with van der Waals surface area (Å²) in [6.45, 7) is 9.10. The zero-order valence-electron chi connectivity index (χ0n) is 15.0. The number of piperidine rings is 1. The Kier molecular flexibility index (Phi) is 7.06. The highest BCUT2D eigenvalue weighted by Crippen LogP contribution is 2.20. The van der Waals surface area contributed by atoms with Crippen molar-refractivity contribution in [1.29, 1.82) is 0 Å². The third-order valence-corrected chi connectivity index (χ3v) is 4.82. The van der Waals surface area contributed by atoms with Crippen LogP contribution in [0.1, 0.15) is 30.9 Å². The highest BCUT2D eigenvalue weighted by atomic mass is 16.5. The van der Waals surface area contributed by atoms with Crippen molar-refractivity contribution in [1.82, 2.24) is 0 Å². The van der Waals surface area contributed by atoms with E-state index in [4.69, 9.17) is 9.47 Å². The molecule has 2 rings (SSSR count). The molecule has 0 unspecified atom stereocenters.